The molecule has 0 aliphatic heterocycles. The van der Waals surface area contributed by atoms with Gasteiger partial charge in [-0.05, 0) is 30.7 Å². The smallest absolute Gasteiger partial charge is 0.145 e. The van der Waals surface area contributed by atoms with Gasteiger partial charge in [0.25, 0.3) is 0 Å². The molecule has 2 aromatic heterocycles. The fourth-order valence-corrected chi connectivity index (χ4v) is 1.77. The van der Waals surface area contributed by atoms with Crippen molar-refractivity contribution >= 4 is 0 Å². The molecular formula is C13H14N4. The molecule has 0 spiro atoms. The SMILES string of the molecule is N#Cc1ncccc1Cn1ccc(CCN)c1. The zero-order chi connectivity index (χ0) is 12.1. The van der Waals surface area contributed by atoms with Crippen molar-refractivity contribution in [2.24, 2.45) is 5.73 Å². The topological polar surface area (TPSA) is 67.6 Å². The van der Waals surface area contributed by atoms with E-state index in [2.05, 4.69) is 23.3 Å². The van der Waals surface area contributed by atoms with E-state index in [1.54, 1.807) is 6.20 Å². The van der Waals surface area contributed by atoms with Crippen molar-refractivity contribution in [2.75, 3.05) is 6.54 Å². The van der Waals surface area contributed by atoms with Crippen LogP contribution < -0.4 is 5.73 Å². The predicted octanol–water partition coefficient (Wildman–Crippen LogP) is 1.30. The first kappa shape index (κ1) is 11.4. The van der Waals surface area contributed by atoms with Crippen LogP contribution in [0, 0.1) is 11.3 Å². The minimum absolute atomic E-state index is 0.488. The van der Waals surface area contributed by atoms with Gasteiger partial charge in [-0.2, -0.15) is 5.26 Å². The second kappa shape index (κ2) is 5.28. The number of rotatable bonds is 4. The van der Waals surface area contributed by atoms with Crippen LogP contribution in [0.25, 0.3) is 0 Å². The number of pyridine rings is 1. The number of aromatic nitrogens is 2. The lowest BCUT2D eigenvalue weighted by molar-refractivity contribution is 0.793. The summed E-state index contributed by atoms with van der Waals surface area (Å²) in [4.78, 5) is 4.04. The van der Waals surface area contributed by atoms with Crippen LogP contribution in [0.1, 0.15) is 16.8 Å². The summed E-state index contributed by atoms with van der Waals surface area (Å²) in [6.07, 6.45) is 6.57. The summed E-state index contributed by atoms with van der Waals surface area (Å²) in [5.41, 5.74) is 8.15. The van der Waals surface area contributed by atoms with Crippen LogP contribution >= 0.6 is 0 Å². The molecule has 0 radical (unpaired) electrons. The molecule has 2 rings (SSSR count). The largest absolute Gasteiger partial charge is 0.350 e. The lowest BCUT2D eigenvalue weighted by atomic mass is 10.2. The molecule has 0 aliphatic rings. The van der Waals surface area contributed by atoms with Crippen LogP contribution in [0.2, 0.25) is 0 Å². The number of hydrogen-bond acceptors (Lipinski definition) is 3. The molecule has 4 heteroatoms. The van der Waals surface area contributed by atoms with E-state index in [0.717, 1.165) is 12.0 Å². The number of nitrogens with zero attached hydrogens (tertiary/aromatic N) is 3. The average molecular weight is 226 g/mol. The van der Waals surface area contributed by atoms with Gasteiger partial charge in [-0.25, -0.2) is 4.98 Å². The monoisotopic (exact) mass is 226 g/mol. The Morgan fingerprint density at radius 2 is 2.29 bits per heavy atom. The van der Waals surface area contributed by atoms with Gasteiger partial charge in [0.05, 0.1) is 0 Å². The number of nitriles is 1. The Morgan fingerprint density at radius 1 is 1.41 bits per heavy atom. The zero-order valence-corrected chi connectivity index (χ0v) is 9.50. The summed E-state index contributed by atoms with van der Waals surface area (Å²) in [6.45, 7) is 1.32. The lowest BCUT2D eigenvalue weighted by Crippen LogP contribution is -2.03. The van der Waals surface area contributed by atoms with Crippen molar-refractivity contribution in [3.05, 3.63) is 53.6 Å². The van der Waals surface area contributed by atoms with Gasteiger partial charge < -0.3 is 10.3 Å². The average Bonchev–Trinajstić information content (AvgIpc) is 2.78. The number of nitrogens with two attached hydrogens (primary N) is 1. The van der Waals surface area contributed by atoms with Crippen LogP contribution in [-0.2, 0) is 13.0 Å². The minimum Gasteiger partial charge on any atom is -0.350 e. The highest BCUT2D eigenvalue weighted by atomic mass is 14.9. The van der Waals surface area contributed by atoms with Crippen LogP contribution in [-0.4, -0.2) is 16.1 Å². The van der Waals surface area contributed by atoms with E-state index in [1.165, 1.54) is 5.56 Å². The van der Waals surface area contributed by atoms with Crippen LogP contribution in [0.5, 0.6) is 0 Å². The Morgan fingerprint density at radius 3 is 3.06 bits per heavy atom. The Bertz CT molecular complexity index is 536. The second-order valence-electron chi connectivity index (χ2n) is 3.85. The van der Waals surface area contributed by atoms with E-state index in [4.69, 9.17) is 11.0 Å². The van der Waals surface area contributed by atoms with Crippen LogP contribution in [0.3, 0.4) is 0 Å². The summed E-state index contributed by atoms with van der Waals surface area (Å²) in [6, 6.07) is 7.93. The molecule has 0 atom stereocenters. The zero-order valence-electron chi connectivity index (χ0n) is 9.50. The first-order chi connectivity index (χ1) is 8.33. The molecule has 0 saturated heterocycles. The van der Waals surface area contributed by atoms with E-state index >= 15 is 0 Å². The Kier molecular flexibility index (Phi) is 3.53. The van der Waals surface area contributed by atoms with E-state index in [0.29, 0.717) is 18.8 Å². The van der Waals surface area contributed by atoms with E-state index in [9.17, 15) is 0 Å². The van der Waals surface area contributed by atoms with Gasteiger partial charge in [-0.3, -0.25) is 0 Å². The molecule has 0 fully saturated rings. The molecule has 0 aliphatic carbocycles. The molecule has 0 aromatic carbocycles. The fraction of sp³-hybridized carbons (Fsp3) is 0.231. The summed E-state index contributed by atoms with van der Waals surface area (Å²) in [7, 11) is 0. The Labute approximate surface area is 100 Å². The van der Waals surface area contributed by atoms with E-state index in [1.807, 2.05) is 22.9 Å². The fourth-order valence-electron chi connectivity index (χ4n) is 1.77. The molecule has 2 heterocycles. The second-order valence-corrected chi connectivity index (χ2v) is 3.85. The standard InChI is InChI=1S/C13H14N4/c14-5-3-11-4-7-17(9-11)10-12-2-1-6-16-13(12)8-15/h1-2,4,6-7,9H,3,5,10,14H2. The van der Waals surface area contributed by atoms with Crippen LogP contribution in [0.15, 0.2) is 36.8 Å². The molecule has 0 unspecified atom stereocenters. The molecule has 0 bridgehead atoms. The highest BCUT2D eigenvalue weighted by Gasteiger charge is 2.03. The molecule has 2 aromatic rings. The Balaban J connectivity index is 2.17. The molecule has 17 heavy (non-hydrogen) atoms. The third-order valence-corrected chi connectivity index (χ3v) is 2.59. The summed E-state index contributed by atoms with van der Waals surface area (Å²) in [5.74, 6) is 0. The van der Waals surface area contributed by atoms with Crippen molar-refractivity contribution < 1.29 is 0 Å². The molecular weight excluding hydrogens is 212 g/mol. The highest BCUT2D eigenvalue weighted by molar-refractivity contribution is 5.31. The predicted molar refractivity (Wildman–Crippen MR) is 65.2 cm³/mol. The normalized spacial score (nSPS) is 10.1. The quantitative estimate of drug-likeness (QED) is 0.854. The van der Waals surface area contributed by atoms with Gasteiger partial charge >= 0.3 is 0 Å². The van der Waals surface area contributed by atoms with E-state index in [-0.39, 0.29) is 0 Å². The van der Waals surface area contributed by atoms with Gasteiger partial charge in [-0.15, -0.1) is 0 Å². The van der Waals surface area contributed by atoms with Crippen molar-refractivity contribution in [1.82, 2.24) is 9.55 Å². The molecule has 86 valence electrons. The lowest BCUT2D eigenvalue weighted by Gasteiger charge is -2.04. The molecule has 4 nitrogen and oxygen atoms in total. The van der Waals surface area contributed by atoms with Gasteiger partial charge in [0, 0.05) is 30.7 Å². The van der Waals surface area contributed by atoms with Crippen molar-refractivity contribution in [3.8, 4) is 6.07 Å². The maximum Gasteiger partial charge on any atom is 0.145 e. The molecule has 0 amide bonds. The highest BCUT2D eigenvalue weighted by Crippen LogP contribution is 2.09. The van der Waals surface area contributed by atoms with E-state index < -0.39 is 0 Å². The molecule has 0 saturated carbocycles. The molecule has 2 N–H and O–H groups in total. The van der Waals surface area contributed by atoms with Gasteiger partial charge in [0.15, 0.2) is 0 Å². The maximum absolute atomic E-state index is 8.95. The first-order valence-corrected chi connectivity index (χ1v) is 5.52. The third-order valence-electron chi connectivity index (χ3n) is 2.59. The summed E-state index contributed by atoms with van der Waals surface area (Å²) >= 11 is 0. The minimum atomic E-state index is 0.488. The first-order valence-electron chi connectivity index (χ1n) is 5.52. The van der Waals surface area contributed by atoms with Gasteiger partial charge in [-0.1, -0.05) is 6.07 Å². The van der Waals surface area contributed by atoms with Gasteiger partial charge in [0.2, 0.25) is 0 Å². The van der Waals surface area contributed by atoms with Crippen molar-refractivity contribution in [1.29, 1.82) is 5.26 Å². The number of hydrogen-bond donors (Lipinski definition) is 1. The van der Waals surface area contributed by atoms with Crippen molar-refractivity contribution in [3.63, 3.8) is 0 Å². The maximum atomic E-state index is 8.95. The third kappa shape index (κ3) is 2.71. The Hall–Kier alpha value is -2.12. The van der Waals surface area contributed by atoms with Crippen molar-refractivity contribution in [2.45, 2.75) is 13.0 Å². The summed E-state index contributed by atoms with van der Waals surface area (Å²) in [5, 5.41) is 8.95. The van der Waals surface area contributed by atoms with Crippen LogP contribution in [0.4, 0.5) is 0 Å². The summed E-state index contributed by atoms with van der Waals surface area (Å²) < 4.78 is 2.04. The van der Waals surface area contributed by atoms with Gasteiger partial charge in [0.1, 0.15) is 11.8 Å².